The van der Waals surface area contributed by atoms with Crippen LogP contribution in [0.4, 0.5) is 5.69 Å². The molecule has 0 heterocycles. The second-order valence-corrected chi connectivity index (χ2v) is 10.3. The fourth-order valence-corrected chi connectivity index (χ4v) is 4.71. The van der Waals surface area contributed by atoms with Crippen molar-refractivity contribution in [1.29, 1.82) is 0 Å². The fourth-order valence-electron chi connectivity index (χ4n) is 3.38. The standard InChI is InChI=1S/C23H30BrN3O4S/c1-5-19-11-7-8-13-21(19)27(32(4,30)31)16-22(28)26(17(3)23(29)25-6-2)15-18-10-9-12-20(24)14-18/h7-14,17H,5-6,15-16H2,1-4H3,(H,25,29). The highest BCUT2D eigenvalue weighted by atomic mass is 79.9. The van der Waals surface area contributed by atoms with Gasteiger partial charge >= 0.3 is 0 Å². The molecule has 1 unspecified atom stereocenters. The first-order valence-corrected chi connectivity index (χ1v) is 13.1. The summed E-state index contributed by atoms with van der Waals surface area (Å²) in [6.07, 6.45) is 1.70. The Morgan fingerprint density at radius 2 is 1.78 bits per heavy atom. The molecule has 0 saturated carbocycles. The second-order valence-electron chi connectivity index (χ2n) is 7.47. The third kappa shape index (κ3) is 6.80. The highest BCUT2D eigenvalue weighted by Gasteiger charge is 2.30. The molecule has 0 bridgehead atoms. The van der Waals surface area contributed by atoms with Crippen LogP contribution in [0.3, 0.4) is 0 Å². The number of hydrogen-bond donors (Lipinski definition) is 1. The first-order valence-electron chi connectivity index (χ1n) is 10.5. The Hall–Kier alpha value is -2.39. The Bertz CT molecular complexity index is 1060. The SMILES string of the molecule is CCNC(=O)C(C)N(Cc1cccc(Br)c1)C(=O)CN(c1ccccc1CC)S(C)(=O)=O. The van der Waals surface area contributed by atoms with E-state index in [9.17, 15) is 18.0 Å². The molecule has 0 aromatic heterocycles. The molecule has 0 fully saturated rings. The zero-order valence-corrected chi connectivity index (χ0v) is 21.2. The van der Waals surface area contributed by atoms with Gasteiger partial charge in [0, 0.05) is 17.6 Å². The molecule has 2 aromatic rings. The third-order valence-electron chi connectivity index (χ3n) is 5.08. The van der Waals surface area contributed by atoms with Crippen molar-refractivity contribution < 1.29 is 18.0 Å². The summed E-state index contributed by atoms with van der Waals surface area (Å²) in [4.78, 5) is 27.4. The number of benzene rings is 2. The van der Waals surface area contributed by atoms with Crippen LogP contribution in [-0.4, -0.2) is 50.5 Å². The van der Waals surface area contributed by atoms with E-state index < -0.39 is 28.5 Å². The number of amides is 2. The van der Waals surface area contributed by atoms with E-state index in [1.807, 2.05) is 43.3 Å². The van der Waals surface area contributed by atoms with E-state index in [1.165, 1.54) is 4.90 Å². The van der Waals surface area contributed by atoms with Crippen LogP contribution in [0.25, 0.3) is 0 Å². The van der Waals surface area contributed by atoms with Crippen LogP contribution in [0.5, 0.6) is 0 Å². The molecule has 0 aliphatic heterocycles. The topological polar surface area (TPSA) is 86.8 Å². The summed E-state index contributed by atoms with van der Waals surface area (Å²) in [5.41, 5.74) is 2.11. The quantitative estimate of drug-likeness (QED) is 0.517. The molecule has 174 valence electrons. The monoisotopic (exact) mass is 523 g/mol. The van der Waals surface area contributed by atoms with Crippen molar-refractivity contribution in [2.24, 2.45) is 0 Å². The highest BCUT2D eigenvalue weighted by molar-refractivity contribution is 9.10. The van der Waals surface area contributed by atoms with Crippen molar-refractivity contribution in [3.05, 3.63) is 64.1 Å². The van der Waals surface area contributed by atoms with E-state index in [0.29, 0.717) is 18.7 Å². The molecule has 2 amide bonds. The normalized spacial score (nSPS) is 12.2. The number of anilines is 1. The van der Waals surface area contributed by atoms with Gasteiger partial charge in [-0.3, -0.25) is 13.9 Å². The Labute approximate surface area is 199 Å². The number of para-hydroxylation sites is 1. The lowest BCUT2D eigenvalue weighted by Crippen LogP contribution is -2.51. The van der Waals surface area contributed by atoms with Gasteiger partial charge in [-0.15, -0.1) is 0 Å². The molecule has 0 saturated heterocycles. The summed E-state index contributed by atoms with van der Waals surface area (Å²) in [5.74, 6) is -0.754. The van der Waals surface area contributed by atoms with Crippen LogP contribution in [0.1, 0.15) is 31.9 Å². The van der Waals surface area contributed by atoms with E-state index >= 15 is 0 Å². The van der Waals surface area contributed by atoms with E-state index in [0.717, 1.165) is 26.2 Å². The van der Waals surface area contributed by atoms with E-state index in [4.69, 9.17) is 0 Å². The minimum absolute atomic E-state index is 0.170. The van der Waals surface area contributed by atoms with Crippen molar-refractivity contribution in [2.45, 2.75) is 39.8 Å². The van der Waals surface area contributed by atoms with Gasteiger partial charge in [0.1, 0.15) is 12.6 Å². The lowest BCUT2D eigenvalue weighted by Gasteiger charge is -2.32. The number of nitrogens with one attached hydrogen (secondary N) is 1. The Kier molecular flexibility index (Phi) is 9.27. The summed E-state index contributed by atoms with van der Waals surface area (Å²) < 4.78 is 27.2. The fraction of sp³-hybridized carbons (Fsp3) is 0.391. The molecular formula is C23H30BrN3O4S. The number of rotatable bonds is 10. The van der Waals surface area contributed by atoms with E-state index in [1.54, 1.807) is 26.0 Å². The Morgan fingerprint density at radius 3 is 2.38 bits per heavy atom. The molecule has 0 aliphatic rings. The smallest absolute Gasteiger partial charge is 0.244 e. The molecule has 9 heteroatoms. The van der Waals surface area contributed by atoms with Gasteiger partial charge in [0.15, 0.2) is 0 Å². The summed E-state index contributed by atoms with van der Waals surface area (Å²) in [6.45, 7) is 5.58. The largest absolute Gasteiger partial charge is 0.355 e. The van der Waals surface area contributed by atoms with Gasteiger partial charge in [-0.1, -0.05) is 53.2 Å². The number of sulfonamides is 1. The third-order valence-corrected chi connectivity index (χ3v) is 6.70. The maximum atomic E-state index is 13.4. The minimum atomic E-state index is -3.74. The number of aryl methyl sites for hydroxylation is 1. The molecule has 2 rings (SSSR count). The predicted molar refractivity (Wildman–Crippen MR) is 131 cm³/mol. The lowest BCUT2D eigenvalue weighted by atomic mass is 10.1. The predicted octanol–water partition coefficient (Wildman–Crippen LogP) is 3.33. The average molecular weight is 524 g/mol. The van der Waals surface area contributed by atoms with Gasteiger partial charge in [-0.2, -0.15) is 0 Å². The minimum Gasteiger partial charge on any atom is -0.355 e. The molecule has 7 nitrogen and oxygen atoms in total. The summed E-state index contributed by atoms with van der Waals surface area (Å²) in [5, 5.41) is 2.74. The van der Waals surface area contributed by atoms with E-state index in [2.05, 4.69) is 21.2 Å². The van der Waals surface area contributed by atoms with Crippen molar-refractivity contribution >= 4 is 43.5 Å². The van der Waals surface area contributed by atoms with Crippen molar-refractivity contribution in [3.63, 3.8) is 0 Å². The number of halogens is 1. The Balaban J connectivity index is 2.42. The molecule has 2 aromatic carbocycles. The van der Waals surface area contributed by atoms with Gasteiger partial charge in [0.25, 0.3) is 0 Å². The number of carbonyl (C=O) groups is 2. The van der Waals surface area contributed by atoms with Gasteiger partial charge in [0.2, 0.25) is 21.8 Å². The average Bonchev–Trinajstić information content (AvgIpc) is 2.74. The van der Waals surface area contributed by atoms with Gasteiger partial charge in [0.05, 0.1) is 11.9 Å². The number of likely N-dealkylation sites (N-methyl/N-ethyl adjacent to an activating group) is 1. The van der Waals surface area contributed by atoms with Crippen LogP contribution >= 0.6 is 15.9 Å². The maximum absolute atomic E-state index is 13.4. The molecular weight excluding hydrogens is 494 g/mol. The van der Waals surface area contributed by atoms with Crippen molar-refractivity contribution in [1.82, 2.24) is 10.2 Å². The summed E-state index contributed by atoms with van der Waals surface area (Å²) >= 11 is 3.42. The van der Waals surface area contributed by atoms with Crippen LogP contribution in [0, 0.1) is 0 Å². The number of carbonyl (C=O) groups excluding carboxylic acids is 2. The summed E-state index contributed by atoms with van der Waals surface area (Å²) in [6, 6.07) is 13.8. The molecule has 32 heavy (non-hydrogen) atoms. The maximum Gasteiger partial charge on any atom is 0.244 e. The van der Waals surface area contributed by atoms with E-state index in [-0.39, 0.29) is 12.5 Å². The van der Waals surface area contributed by atoms with Crippen LogP contribution in [0.15, 0.2) is 53.0 Å². The zero-order valence-electron chi connectivity index (χ0n) is 18.8. The lowest BCUT2D eigenvalue weighted by molar-refractivity contribution is -0.139. The van der Waals surface area contributed by atoms with Gasteiger partial charge < -0.3 is 10.2 Å². The second kappa shape index (κ2) is 11.5. The van der Waals surface area contributed by atoms with Crippen LogP contribution < -0.4 is 9.62 Å². The molecule has 1 atom stereocenters. The number of hydrogen-bond acceptors (Lipinski definition) is 4. The van der Waals surface area contributed by atoms with Gasteiger partial charge in [-0.25, -0.2) is 8.42 Å². The van der Waals surface area contributed by atoms with Crippen molar-refractivity contribution in [2.75, 3.05) is 23.7 Å². The van der Waals surface area contributed by atoms with Crippen LogP contribution in [0.2, 0.25) is 0 Å². The van der Waals surface area contributed by atoms with Gasteiger partial charge in [-0.05, 0) is 49.6 Å². The Morgan fingerprint density at radius 1 is 1.09 bits per heavy atom. The molecule has 1 N–H and O–H groups in total. The van der Waals surface area contributed by atoms with Crippen LogP contribution in [-0.2, 0) is 32.6 Å². The molecule has 0 spiro atoms. The highest BCUT2D eigenvalue weighted by Crippen LogP contribution is 2.24. The zero-order chi connectivity index (χ0) is 23.9. The molecule has 0 aliphatic carbocycles. The first kappa shape index (κ1) is 25.9. The first-order chi connectivity index (χ1) is 15.1. The molecule has 0 radical (unpaired) electrons. The number of nitrogens with zero attached hydrogens (tertiary/aromatic N) is 2. The van der Waals surface area contributed by atoms with Crippen molar-refractivity contribution in [3.8, 4) is 0 Å². The summed E-state index contributed by atoms with van der Waals surface area (Å²) in [7, 11) is -3.74.